The minimum Gasteiger partial charge on any atom is -0.454 e. The van der Waals surface area contributed by atoms with Gasteiger partial charge in [-0.3, -0.25) is 4.79 Å². The molecule has 2 heterocycles. The SMILES string of the molecule is CCCn1c(C)cc(/C=C(\C#N)C(=O)O[C@H](C)C(=O)Nc2ccc3c(c2)OCO3)c1C. The van der Waals surface area contributed by atoms with Crippen molar-refractivity contribution in [1.29, 1.82) is 5.26 Å². The van der Waals surface area contributed by atoms with Crippen LogP contribution in [-0.2, 0) is 20.9 Å². The van der Waals surface area contributed by atoms with Crippen LogP contribution in [-0.4, -0.2) is 29.3 Å². The molecule has 1 N–H and O–H groups in total. The molecule has 0 saturated carbocycles. The number of aryl methyl sites for hydroxylation is 1. The Morgan fingerprint density at radius 1 is 1.29 bits per heavy atom. The van der Waals surface area contributed by atoms with Crippen molar-refractivity contribution in [1.82, 2.24) is 4.57 Å². The van der Waals surface area contributed by atoms with E-state index in [-0.39, 0.29) is 12.4 Å². The fraction of sp³-hybridized carbons (Fsp3) is 0.348. The van der Waals surface area contributed by atoms with E-state index in [0.717, 1.165) is 29.9 Å². The predicted molar refractivity (Wildman–Crippen MR) is 115 cm³/mol. The summed E-state index contributed by atoms with van der Waals surface area (Å²) < 4.78 is 17.9. The summed E-state index contributed by atoms with van der Waals surface area (Å²) in [5, 5.41) is 12.1. The van der Waals surface area contributed by atoms with Crippen molar-refractivity contribution >= 4 is 23.6 Å². The zero-order valence-electron chi connectivity index (χ0n) is 18.0. The van der Waals surface area contributed by atoms with Gasteiger partial charge < -0.3 is 24.1 Å². The Hall–Kier alpha value is -3.73. The molecule has 0 radical (unpaired) electrons. The van der Waals surface area contributed by atoms with E-state index >= 15 is 0 Å². The van der Waals surface area contributed by atoms with Gasteiger partial charge in [0, 0.05) is 29.7 Å². The van der Waals surface area contributed by atoms with Gasteiger partial charge >= 0.3 is 5.97 Å². The zero-order chi connectivity index (χ0) is 22.5. The highest BCUT2D eigenvalue weighted by Crippen LogP contribution is 2.34. The van der Waals surface area contributed by atoms with E-state index in [4.69, 9.17) is 14.2 Å². The van der Waals surface area contributed by atoms with Gasteiger partial charge in [-0.15, -0.1) is 0 Å². The van der Waals surface area contributed by atoms with Crippen LogP contribution in [0, 0.1) is 25.2 Å². The number of carbonyl (C=O) groups is 2. The lowest BCUT2D eigenvalue weighted by molar-refractivity contribution is -0.148. The maximum absolute atomic E-state index is 12.5. The van der Waals surface area contributed by atoms with Crippen LogP contribution in [0.4, 0.5) is 5.69 Å². The summed E-state index contributed by atoms with van der Waals surface area (Å²) >= 11 is 0. The molecule has 3 rings (SSSR count). The van der Waals surface area contributed by atoms with Gasteiger partial charge in [-0.2, -0.15) is 5.26 Å². The Morgan fingerprint density at radius 2 is 2.03 bits per heavy atom. The number of amides is 1. The minimum atomic E-state index is -1.10. The summed E-state index contributed by atoms with van der Waals surface area (Å²) in [6, 6.07) is 8.76. The maximum Gasteiger partial charge on any atom is 0.349 e. The van der Waals surface area contributed by atoms with Crippen molar-refractivity contribution in [2.45, 2.75) is 46.8 Å². The summed E-state index contributed by atoms with van der Waals surface area (Å²) in [4.78, 5) is 24.9. The third-order valence-electron chi connectivity index (χ3n) is 4.99. The largest absolute Gasteiger partial charge is 0.454 e. The first-order valence-electron chi connectivity index (χ1n) is 10.0. The molecule has 8 nitrogen and oxygen atoms in total. The number of hydrogen-bond acceptors (Lipinski definition) is 6. The quantitative estimate of drug-likeness (QED) is 0.414. The Bertz CT molecular complexity index is 1080. The first-order chi connectivity index (χ1) is 14.8. The Labute approximate surface area is 181 Å². The zero-order valence-corrected chi connectivity index (χ0v) is 18.0. The van der Waals surface area contributed by atoms with Crippen molar-refractivity contribution in [3.63, 3.8) is 0 Å². The van der Waals surface area contributed by atoms with Crippen LogP contribution in [0.25, 0.3) is 6.08 Å². The molecule has 31 heavy (non-hydrogen) atoms. The molecule has 0 aliphatic carbocycles. The molecule has 0 fully saturated rings. The number of carbonyl (C=O) groups excluding carboxylic acids is 2. The molecule has 1 aromatic heterocycles. The van der Waals surface area contributed by atoms with Crippen molar-refractivity contribution in [2.75, 3.05) is 12.1 Å². The van der Waals surface area contributed by atoms with Crippen molar-refractivity contribution in [3.8, 4) is 17.6 Å². The van der Waals surface area contributed by atoms with E-state index in [1.165, 1.54) is 13.0 Å². The van der Waals surface area contributed by atoms with Crippen molar-refractivity contribution in [2.24, 2.45) is 0 Å². The predicted octanol–water partition coefficient (Wildman–Crippen LogP) is 3.72. The molecule has 8 heteroatoms. The second-order valence-electron chi connectivity index (χ2n) is 7.25. The van der Waals surface area contributed by atoms with Gasteiger partial charge in [-0.25, -0.2) is 4.79 Å². The van der Waals surface area contributed by atoms with Gasteiger partial charge in [0.1, 0.15) is 11.6 Å². The molecule has 0 unspecified atom stereocenters. The number of rotatable bonds is 7. The van der Waals surface area contributed by atoms with Crippen LogP contribution < -0.4 is 14.8 Å². The lowest BCUT2D eigenvalue weighted by Gasteiger charge is -2.13. The van der Waals surface area contributed by atoms with Crippen LogP contribution in [0.15, 0.2) is 29.8 Å². The average Bonchev–Trinajstić information content (AvgIpc) is 3.31. The minimum absolute atomic E-state index is 0.130. The van der Waals surface area contributed by atoms with Crippen LogP contribution in [0.2, 0.25) is 0 Å². The van der Waals surface area contributed by atoms with E-state index in [0.29, 0.717) is 17.2 Å². The highest BCUT2D eigenvalue weighted by molar-refractivity contribution is 6.01. The van der Waals surface area contributed by atoms with Gasteiger partial charge in [-0.1, -0.05) is 6.92 Å². The molecule has 1 amide bonds. The third kappa shape index (κ3) is 4.89. The molecule has 162 valence electrons. The fourth-order valence-corrected chi connectivity index (χ4v) is 3.33. The second kappa shape index (κ2) is 9.39. The third-order valence-corrected chi connectivity index (χ3v) is 4.99. The fourth-order valence-electron chi connectivity index (χ4n) is 3.33. The molecule has 0 bridgehead atoms. The second-order valence-corrected chi connectivity index (χ2v) is 7.25. The van der Waals surface area contributed by atoms with Crippen molar-refractivity contribution in [3.05, 3.63) is 46.8 Å². The van der Waals surface area contributed by atoms with E-state index in [1.54, 1.807) is 18.2 Å². The van der Waals surface area contributed by atoms with Gasteiger partial charge in [0.2, 0.25) is 6.79 Å². The number of ether oxygens (including phenoxy) is 3. The van der Waals surface area contributed by atoms with Gasteiger partial charge in [0.05, 0.1) is 0 Å². The maximum atomic E-state index is 12.5. The Kier molecular flexibility index (Phi) is 6.65. The number of nitrogens with one attached hydrogen (secondary N) is 1. The highest BCUT2D eigenvalue weighted by Gasteiger charge is 2.22. The summed E-state index contributed by atoms with van der Waals surface area (Å²) in [6.45, 7) is 8.44. The number of aromatic nitrogens is 1. The molecule has 1 atom stereocenters. The number of benzene rings is 1. The molecular formula is C23H25N3O5. The average molecular weight is 423 g/mol. The van der Waals surface area contributed by atoms with Crippen LogP contribution in [0.3, 0.4) is 0 Å². The van der Waals surface area contributed by atoms with E-state index in [2.05, 4.69) is 16.8 Å². The van der Waals surface area contributed by atoms with Crippen LogP contribution in [0.1, 0.15) is 37.2 Å². The number of hydrogen-bond donors (Lipinski definition) is 1. The number of anilines is 1. The molecule has 0 spiro atoms. The molecular weight excluding hydrogens is 398 g/mol. The van der Waals surface area contributed by atoms with E-state index < -0.39 is 18.0 Å². The molecule has 2 aromatic rings. The number of nitrogens with zero attached hydrogens (tertiary/aromatic N) is 2. The van der Waals surface area contributed by atoms with Gasteiger partial charge in [-0.05, 0) is 57.0 Å². The smallest absolute Gasteiger partial charge is 0.349 e. The summed E-state index contributed by atoms with van der Waals surface area (Å²) in [6.07, 6.45) is 1.38. The van der Waals surface area contributed by atoms with Crippen LogP contribution in [0.5, 0.6) is 11.5 Å². The number of nitriles is 1. The first kappa shape index (κ1) is 22.0. The number of esters is 1. The molecule has 0 saturated heterocycles. The first-order valence-corrected chi connectivity index (χ1v) is 10.0. The highest BCUT2D eigenvalue weighted by atomic mass is 16.7. The molecule has 1 aliphatic heterocycles. The summed E-state index contributed by atoms with van der Waals surface area (Å²) in [5.41, 5.74) is 3.11. The van der Waals surface area contributed by atoms with E-state index in [9.17, 15) is 14.9 Å². The van der Waals surface area contributed by atoms with Crippen LogP contribution >= 0.6 is 0 Å². The number of fused-ring (bicyclic) bond motifs is 1. The monoisotopic (exact) mass is 423 g/mol. The molecule has 1 aromatic carbocycles. The Balaban J connectivity index is 1.67. The summed E-state index contributed by atoms with van der Waals surface area (Å²) in [5.74, 6) is -0.251. The Morgan fingerprint density at radius 3 is 2.74 bits per heavy atom. The van der Waals surface area contributed by atoms with Gasteiger partial charge in [0.15, 0.2) is 17.6 Å². The standard InChI is InChI=1S/C23H25N3O5/c1-5-8-26-14(2)9-17(15(26)3)10-18(12-24)23(28)31-16(4)22(27)25-19-6-7-20-21(11-19)30-13-29-20/h6-7,9-11,16H,5,8,13H2,1-4H3,(H,25,27)/b18-10+/t16-/m1/s1. The van der Waals surface area contributed by atoms with Crippen molar-refractivity contribution < 1.29 is 23.8 Å². The molecule has 1 aliphatic rings. The topological polar surface area (TPSA) is 103 Å². The summed E-state index contributed by atoms with van der Waals surface area (Å²) in [7, 11) is 0. The van der Waals surface area contributed by atoms with E-state index in [1.807, 2.05) is 26.0 Å². The normalized spacial score (nSPS) is 13.5. The lowest BCUT2D eigenvalue weighted by Crippen LogP contribution is -2.30. The van der Waals surface area contributed by atoms with Gasteiger partial charge in [0.25, 0.3) is 5.91 Å². The lowest BCUT2D eigenvalue weighted by atomic mass is 10.1.